The van der Waals surface area contributed by atoms with E-state index in [-0.39, 0.29) is 5.56 Å². The molecule has 3 heteroatoms. The van der Waals surface area contributed by atoms with Crippen molar-refractivity contribution in [2.75, 3.05) is 0 Å². The average molecular weight is 291 g/mol. The molecule has 0 unspecified atom stereocenters. The molecule has 0 atom stereocenters. The Kier molecular flexibility index (Phi) is 3.41. The zero-order valence-corrected chi connectivity index (χ0v) is 12.8. The van der Waals surface area contributed by atoms with Crippen LogP contribution < -0.4 is 0 Å². The van der Waals surface area contributed by atoms with Gasteiger partial charge in [0, 0.05) is 16.6 Å². The standard InChI is InChI=1S/C19H17NO2/c1-11-8-16-10-18(20-13(3)17(16)9-12(11)2)14-4-6-15(7-5-14)19(21)22/h4-10H,1-3H3,(H,21,22). The molecule has 0 aliphatic rings. The highest BCUT2D eigenvalue weighted by Gasteiger charge is 2.08. The van der Waals surface area contributed by atoms with E-state index in [1.807, 2.05) is 6.92 Å². The van der Waals surface area contributed by atoms with Crippen LogP contribution in [0.25, 0.3) is 22.0 Å². The van der Waals surface area contributed by atoms with E-state index in [0.717, 1.165) is 27.7 Å². The van der Waals surface area contributed by atoms with E-state index in [1.165, 1.54) is 11.1 Å². The van der Waals surface area contributed by atoms with Crippen molar-refractivity contribution < 1.29 is 9.90 Å². The molecule has 2 aromatic carbocycles. The highest BCUT2D eigenvalue weighted by Crippen LogP contribution is 2.27. The summed E-state index contributed by atoms with van der Waals surface area (Å²) < 4.78 is 0. The van der Waals surface area contributed by atoms with Crippen LogP contribution in [0.3, 0.4) is 0 Å². The second-order valence-electron chi connectivity index (χ2n) is 5.63. The summed E-state index contributed by atoms with van der Waals surface area (Å²) in [5.41, 5.74) is 5.57. The number of nitrogens with zero attached hydrogens (tertiary/aromatic N) is 1. The maximum atomic E-state index is 10.9. The average Bonchev–Trinajstić information content (AvgIpc) is 2.49. The Morgan fingerprint density at radius 1 is 0.955 bits per heavy atom. The fourth-order valence-electron chi connectivity index (χ4n) is 2.62. The van der Waals surface area contributed by atoms with Gasteiger partial charge in [0.25, 0.3) is 0 Å². The van der Waals surface area contributed by atoms with E-state index >= 15 is 0 Å². The molecule has 1 N–H and O–H groups in total. The van der Waals surface area contributed by atoms with E-state index in [4.69, 9.17) is 5.11 Å². The van der Waals surface area contributed by atoms with Gasteiger partial charge in [-0.1, -0.05) is 18.2 Å². The number of carboxylic acid groups (broad SMARTS) is 1. The molecule has 0 saturated heterocycles. The van der Waals surface area contributed by atoms with Crippen molar-refractivity contribution in [3.8, 4) is 11.3 Å². The van der Waals surface area contributed by atoms with E-state index in [2.05, 4.69) is 37.0 Å². The minimum Gasteiger partial charge on any atom is -0.478 e. The first-order chi connectivity index (χ1) is 10.5. The molecule has 0 radical (unpaired) electrons. The van der Waals surface area contributed by atoms with Gasteiger partial charge in [-0.05, 0) is 61.5 Å². The Hall–Kier alpha value is -2.68. The molecule has 0 fully saturated rings. The number of benzene rings is 2. The predicted molar refractivity (Wildman–Crippen MR) is 88.3 cm³/mol. The van der Waals surface area contributed by atoms with Crippen LogP contribution in [-0.4, -0.2) is 16.1 Å². The van der Waals surface area contributed by atoms with Gasteiger partial charge in [-0.15, -0.1) is 0 Å². The lowest BCUT2D eigenvalue weighted by Crippen LogP contribution is -1.96. The number of aromatic nitrogens is 1. The third-order valence-corrected chi connectivity index (χ3v) is 4.06. The van der Waals surface area contributed by atoms with E-state index in [0.29, 0.717) is 0 Å². The second-order valence-corrected chi connectivity index (χ2v) is 5.63. The van der Waals surface area contributed by atoms with Crippen molar-refractivity contribution in [3.63, 3.8) is 0 Å². The summed E-state index contributed by atoms with van der Waals surface area (Å²) in [6.07, 6.45) is 0. The highest BCUT2D eigenvalue weighted by atomic mass is 16.4. The minimum atomic E-state index is -0.916. The van der Waals surface area contributed by atoms with Gasteiger partial charge in [0.1, 0.15) is 0 Å². The maximum absolute atomic E-state index is 10.9. The van der Waals surface area contributed by atoms with Crippen molar-refractivity contribution in [2.24, 2.45) is 0 Å². The van der Waals surface area contributed by atoms with Crippen molar-refractivity contribution in [1.82, 2.24) is 4.98 Å². The zero-order chi connectivity index (χ0) is 15.9. The first-order valence-electron chi connectivity index (χ1n) is 7.18. The summed E-state index contributed by atoms with van der Waals surface area (Å²) in [6, 6.07) is 13.2. The molecule has 110 valence electrons. The Bertz CT molecular complexity index is 880. The van der Waals surface area contributed by atoms with E-state index in [9.17, 15) is 4.79 Å². The third-order valence-electron chi connectivity index (χ3n) is 4.06. The number of aryl methyl sites for hydroxylation is 3. The lowest BCUT2D eigenvalue weighted by atomic mass is 10.00. The van der Waals surface area contributed by atoms with Gasteiger partial charge in [0.05, 0.1) is 11.3 Å². The quantitative estimate of drug-likeness (QED) is 0.755. The van der Waals surface area contributed by atoms with Crippen molar-refractivity contribution in [1.29, 1.82) is 0 Å². The number of pyridine rings is 1. The van der Waals surface area contributed by atoms with Crippen LogP contribution in [0.4, 0.5) is 0 Å². The number of aromatic carboxylic acids is 1. The van der Waals surface area contributed by atoms with Gasteiger partial charge in [-0.3, -0.25) is 4.98 Å². The monoisotopic (exact) mass is 291 g/mol. The molecule has 3 nitrogen and oxygen atoms in total. The van der Waals surface area contributed by atoms with Crippen molar-refractivity contribution >= 4 is 16.7 Å². The van der Waals surface area contributed by atoms with Gasteiger partial charge in [0.2, 0.25) is 0 Å². The summed E-state index contributed by atoms with van der Waals surface area (Å²) in [6.45, 7) is 6.21. The molecule has 1 heterocycles. The van der Waals surface area contributed by atoms with Gasteiger partial charge in [0.15, 0.2) is 0 Å². The van der Waals surface area contributed by atoms with Crippen LogP contribution in [-0.2, 0) is 0 Å². The normalized spacial score (nSPS) is 10.9. The molecule has 0 aliphatic heterocycles. The fourth-order valence-corrected chi connectivity index (χ4v) is 2.62. The Labute approximate surface area is 129 Å². The topological polar surface area (TPSA) is 50.2 Å². The molecular formula is C19H17NO2. The van der Waals surface area contributed by atoms with Crippen molar-refractivity contribution in [2.45, 2.75) is 20.8 Å². The smallest absolute Gasteiger partial charge is 0.335 e. The summed E-state index contributed by atoms with van der Waals surface area (Å²) in [7, 11) is 0. The molecule has 0 bridgehead atoms. The van der Waals surface area contributed by atoms with Crippen LogP contribution in [0.2, 0.25) is 0 Å². The van der Waals surface area contributed by atoms with Crippen LogP contribution in [0.15, 0.2) is 42.5 Å². The third kappa shape index (κ3) is 2.46. The zero-order valence-electron chi connectivity index (χ0n) is 12.8. The molecule has 0 spiro atoms. The summed E-state index contributed by atoms with van der Waals surface area (Å²) >= 11 is 0. The Morgan fingerprint density at radius 3 is 2.23 bits per heavy atom. The number of fused-ring (bicyclic) bond motifs is 1. The van der Waals surface area contributed by atoms with Crippen LogP contribution in [0.5, 0.6) is 0 Å². The molecule has 0 aliphatic carbocycles. The summed E-state index contributed by atoms with van der Waals surface area (Å²) in [5, 5.41) is 11.3. The lowest BCUT2D eigenvalue weighted by molar-refractivity contribution is 0.0697. The largest absolute Gasteiger partial charge is 0.478 e. The van der Waals surface area contributed by atoms with Crippen molar-refractivity contribution in [3.05, 3.63) is 64.8 Å². The second kappa shape index (κ2) is 5.26. The van der Waals surface area contributed by atoms with Gasteiger partial charge in [-0.25, -0.2) is 4.79 Å². The SMILES string of the molecule is Cc1cc2cc(-c3ccc(C(=O)O)cc3)nc(C)c2cc1C. The summed E-state index contributed by atoms with van der Waals surface area (Å²) in [5.74, 6) is -0.916. The molecule has 0 saturated carbocycles. The van der Waals surface area contributed by atoms with Crippen LogP contribution in [0.1, 0.15) is 27.2 Å². The maximum Gasteiger partial charge on any atom is 0.335 e. The molecular weight excluding hydrogens is 274 g/mol. The number of hydrogen-bond donors (Lipinski definition) is 1. The number of carboxylic acids is 1. The fraction of sp³-hybridized carbons (Fsp3) is 0.158. The van der Waals surface area contributed by atoms with Gasteiger partial charge in [-0.2, -0.15) is 0 Å². The van der Waals surface area contributed by atoms with E-state index in [1.54, 1.807) is 24.3 Å². The minimum absolute atomic E-state index is 0.285. The predicted octanol–water partition coefficient (Wildman–Crippen LogP) is 4.53. The molecule has 22 heavy (non-hydrogen) atoms. The van der Waals surface area contributed by atoms with E-state index < -0.39 is 5.97 Å². The number of hydrogen-bond acceptors (Lipinski definition) is 2. The first-order valence-corrected chi connectivity index (χ1v) is 7.18. The number of carbonyl (C=O) groups is 1. The Balaban J connectivity index is 2.15. The molecule has 1 aromatic heterocycles. The number of rotatable bonds is 2. The first kappa shape index (κ1) is 14.3. The lowest BCUT2D eigenvalue weighted by Gasteiger charge is -2.10. The molecule has 0 amide bonds. The summed E-state index contributed by atoms with van der Waals surface area (Å²) in [4.78, 5) is 15.6. The van der Waals surface area contributed by atoms with Gasteiger partial charge < -0.3 is 5.11 Å². The van der Waals surface area contributed by atoms with Gasteiger partial charge >= 0.3 is 5.97 Å². The highest BCUT2D eigenvalue weighted by molar-refractivity contribution is 5.90. The molecule has 3 rings (SSSR count). The Morgan fingerprint density at radius 2 is 1.59 bits per heavy atom. The van der Waals surface area contributed by atoms with Crippen LogP contribution in [0, 0.1) is 20.8 Å². The molecule has 3 aromatic rings. The van der Waals surface area contributed by atoms with Crippen LogP contribution >= 0.6 is 0 Å².